The fourth-order valence-corrected chi connectivity index (χ4v) is 7.89. The molecule has 3 atom stereocenters. The monoisotopic (exact) mass is 632 g/mol. The Kier molecular flexibility index (Phi) is 8.79. The molecular formula is C25H24N6O8S3. The molecule has 2 saturated heterocycles. The normalized spacial score (nSPS) is 23.3. The summed E-state index contributed by atoms with van der Waals surface area (Å²) in [5, 5.41) is 30.1. The number of aromatic carboxylic acids is 1. The van der Waals surface area contributed by atoms with Crippen molar-refractivity contribution in [1.82, 2.24) is 20.2 Å². The van der Waals surface area contributed by atoms with Gasteiger partial charge in [-0.2, -0.15) is 0 Å². The predicted molar refractivity (Wildman–Crippen MR) is 153 cm³/mol. The summed E-state index contributed by atoms with van der Waals surface area (Å²) in [6.45, 7) is -0.0815. The number of aromatic nitrogens is 2. The standard InChI is InChI=1S/C25H24N6O8S3/c32-12-27-24-28-15(8-40-24)17(30-39-14-3-1-2-4-14)19(33)29-18-20(34)31-9-25(23(37)38,11-42-21(18)31)10-41-16-7-13(22(35)36)5-6-26-16/h3,5-8,12,18,21H,1-2,4,9-11H2,(H,29,33)(H,35,36)(H,37,38)(H,27,28,32)/t18?,21-,25?/m1/s1. The number of carbonyl (C=O) groups excluding carboxylic acids is 3. The lowest BCUT2D eigenvalue weighted by Gasteiger charge is -2.53. The Hall–Kier alpha value is -3.96. The van der Waals surface area contributed by atoms with Crippen LogP contribution in [-0.2, 0) is 24.0 Å². The van der Waals surface area contributed by atoms with Gasteiger partial charge in [-0.25, -0.2) is 14.8 Å². The van der Waals surface area contributed by atoms with Crippen molar-refractivity contribution >= 4 is 75.9 Å². The Bertz CT molecular complexity index is 1500. The van der Waals surface area contributed by atoms with Gasteiger partial charge in [-0.15, -0.1) is 34.9 Å². The number of hydrogen-bond donors (Lipinski definition) is 4. The van der Waals surface area contributed by atoms with Crippen LogP contribution in [0.3, 0.4) is 0 Å². The minimum absolute atomic E-state index is 0.0358. The first kappa shape index (κ1) is 29.5. The Morgan fingerprint density at radius 1 is 1.33 bits per heavy atom. The Morgan fingerprint density at radius 3 is 2.88 bits per heavy atom. The summed E-state index contributed by atoms with van der Waals surface area (Å²) in [5.74, 6) is -2.53. The van der Waals surface area contributed by atoms with Crippen LogP contribution in [0.4, 0.5) is 5.13 Å². The van der Waals surface area contributed by atoms with E-state index in [0.29, 0.717) is 23.6 Å². The number of thioether (sulfide) groups is 2. The summed E-state index contributed by atoms with van der Waals surface area (Å²) in [5.41, 5.74) is -1.29. The van der Waals surface area contributed by atoms with Crippen LogP contribution in [0.15, 0.2) is 45.7 Å². The van der Waals surface area contributed by atoms with E-state index < -0.39 is 40.6 Å². The van der Waals surface area contributed by atoms with Crippen LogP contribution in [0.25, 0.3) is 0 Å². The number of fused-ring (bicyclic) bond motifs is 1. The molecule has 17 heteroatoms. The number of carboxylic acids is 2. The third-order valence-corrected chi connectivity index (χ3v) is 10.3. The smallest absolute Gasteiger partial charge is 0.335 e. The fraction of sp³-hybridized carbons (Fsp3) is 0.360. The summed E-state index contributed by atoms with van der Waals surface area (Å²) in [6.07, 6.45) is 6.09. The molecule has 2 aromatic rings. The highest BCUT2D eigenvalue weighted by atomic mass is 32.2. The van der Waals surface area contributed by atoms with Crippen LogP contribution in [-0.4, -0.2) is 90.4 Å². The van der Waals surface area contributed by atoms with Crippen molar-refractivity contribution in [1.29, 1.82) is 0 Å². The Morgan fingerprint density at radius 2 is 2.17 bits per heavy atom. The minimum Gasteiger partial charge on any atom is -0.481 e. The van der Waals surface area contributed by atoms with Crippen molar-refractivity contribution in [2.45, 2.75) is 35.7 Å². The number of anilines is 1. The highest BCUT2D eigenvalue weighted by Crippen LogP contribution is 2.44. The van der Waals surface area contributed by atoms with E-state index in [2.05, 4.69) is 25.8 Å². The van der Waals surface area contributed by atoms with Gasteiger partial charge in [0.25, 0.3) is 5.91 Å². The third-order valence-electron chi connectivity index (χ3n) is 6.76. The number of amides is 3. The first-order valence-corrected chi connectivity index (χ1v) is 15.5. The second-order valence-corrected chi connectivity index (χ2v) is 12.5. The number of nitrogens with zero attached hydrogens (tertiary/aromatic N) is 4. The Balaban J connectivity index is 1.26. The molecular weight excluding hydrogens is 609 g/mol. The van der Waals surface area contributed by atoms with Gasteiger partial charge in [0.2, 0.25) is 12.3 Å². The van der Waals surface area contributed by atoms with Crippen molar-refractivity contribution in [3.8, 4) is 0 Å². The maximum absolute atomic E-state index is 13.3. The molecule has 14 nitrogen and oxygen atoms in total. The quantitative estimate of drug-likeness (QED) is 0.0871. The van der Waals surface area contributed by atoms with Gasteiger partial charge < -0.3 is 30.6 Å². The van der Waals surface area contributed by atoms with Crippen LogP contribution < -0.4 is 10.6 Å². The van der Waals surface area contributed by atoms with Crippen molar-refractivity contribution in [3.05, 3.63) is 46.8 Å². The number of carboxylic acid groups (broad SMARTS) is 2. The van der Waals surface area contributed by atoms with E-state index >= 15 is 0 Å². The number of aliphatic carboxylic acids is 1. The molecule has 2 unspecified atom stereocenters. The van der Waals surface area contributed by atoms with Crippen molar-refractivity contribution < 1.29 is 39.0 Å². The van der Waals surface area contributed by atoms with Crippen molar-refractivity contribution in [2.24, 2.45) is 10.6 Å². The van der Waals surface area contributed by atoms with Gasteiger partial charge in [-0.1, -0.05) is 5.16 Å². The van der Waals surface area contributed by atoms with Crippen LogP contribution in [0.2, 0.25) is 0 Å². The molecule has 4 N–H and O–H groups in total. The largest absolute Gasteiger partial charge is 0.481 e. The number of carbonyl (C=O) groups is 5. The number of pyridine rings is 1. The van der Waals surface area contributed by atoms with Crippen molar-refractivity contribution in [2.75, 3.05) is 23.4 Å². The number of oxime groups is 1. The van der Waals surface area contributed by atoms with E-state index in [1.165, 1.54) is 40.4 Å². The predicted octanol–water partition coefficient (Wildman–Crippen LogP) is 1.86. The van der Waals surface area contributed by atoms with Crippen LogP contribution in [0.5, 0.6) is 0 Å². The zero-order valence-electron chi connectivity index (χ0n) is 21.7. The maximum Gasteiger partial charge on any atom is 0.335 e. The van der Waals surface area contributed by atoms with E-state index in [4.69, 9.17) is 4.84 Å². The fourth-order valence-electron chi connectivity index (χ4n) is 4.48. The average molecular weight is 633 g/mol. The lowest BCUT2D eigenvalue weighted by atomic mass is 9.89. The average Bonchev–Trinajstić information content (AvgIpc) is 3.68. The molecule has 220 valence electrons. The zero-order chi connectivity index (χ0) is 29.9. The summed E-state index contributed by atoms with van der Waals surface area (Å²) < 4.78 is 0. The molecule has 1 aliphatic carbocycles. The number of β-lactam (4-membered cyclic amide) rings is 1. The molecule has 3 aliphatic rings. The SMILES string of the molecule is O=CNc1nc(C(=NOC2=CCCC2)C(=O)NC2C(=O)N3CC(CSc4cc(C(=O)O)ccn4)(C(=O)O)CS[C@H]23)cs1. The van der Waals surface area contributed by atoms with Crippen molar-refractivity contribution in [3.63, 3.8) is 0 Å². The molecule has 2 fully saturated rings. The molecule has 0 radical (unpaired) electrons. The number of allylic oxidation sites excluding steroid dienone is 2. The van der Waals surface area contributed by atoms with Gasteiger partial charge in [0.1, 0.15) is 28.3 Å². The molecule has 4 heterocycles. The summed E-state index contributed by atoms with van der Waals surface area (Å²) in [4.78, 5) is 76.1. The molecule has 0 bridgehead atoms. The number of rotatable bonds is 12. The van der Waals surface area contributed by atoms with Gasteiger partial charge in [-0.3, -0.25) is 19.2 Å². The molecule has 0 saturated carbocycles. The van der Waals surface area contributed by atoms with Crippen LogP contribution in [0.1, 0.15) is 35.3 Å². The second-order valence-electron chi connectivity index (χ2n) is 9.57. The minimum atomic E-state index is -1.31. The third kappa shape index (κ3) is 6.12. The lowest BCUT2D eigenvalue weighted by Crippen LogP contribution is -2.74. The summed E-state index contributed by atoms with van der Waals surface area (Å²) in [6, 6.07) is 1.80. The topological polar surface area (TPSA) is 200 Å². The van der Waals surface area contributed by atoms with E-state index in [1.54, 1.807) is 0 Å². The van der Waals surface area contributed by atoms with Gasteiger partial charge in [0.05, 0.1) is 10.6 Å². The van der Waals surface area contributed by atoms with E-state index in [-0.39, 0.29) is 40.2 Å². The van der Waals surface area contributed by atoms with Crippen LogP contribution >= 0.6 is 34.9 Å². The van der Waals surface area contributed by atoms with Gasteiger partial charge >= 0.3 is 11.9 Å². The van der Waals surface area contributed by atoms with E-state index in [0.717, 1.165) is 35.9 Å². The maximum atomic E-state index is 13.3. The molecule has 2 aromatic heterocycles. The molecule has 42 heavy (non-hydrogen) atoms. The molecule has 2 aliphatic heterocycles. The molecule has 5 rings (SSSR count). The van der Waals surface area contributed by atoms with E-state index in [9.17, 15) is 34.2 Å². The summed E-state index contributed by atoms with van der Waals surface area (Å²) >= 11 is 3.43. The molecule has 3 amide bonds. The van der Waals surface area contributed by atoms with E-state index in [1.807, 2.05) is 6.08 Å². The highest BCUT2D eigenvalue weighted by Gasteiger charge is 2.57. The zero-order valence-corrected chi connectivity index (χ0v) is 24.2. The number of hydrogen-bond acceptors (Lipinski definition) is 12. The van der Waals surface area contributed by atoms with Gasteiger partial charge in [-0.05, 0) is 31.1 Å². The van der Waals surface area contributed by atoms with Crippen LogP contribution in [0, 0.1) is 5.41 Å². The van der Waals surface area contributed by atoms with Gasteiger partial charge in [0.15, 0.2) is 10.8 Å². The lowest BCUT2D eigenvalue weighted by molar-refractivity contribution is -0.157. The molecule has 0 spiro atoms. The highest BCUT2D eigenvalue weighted by molar-refractivity contribution is 8.00. The summed E-state index contributed by atoms with van der Waals surface area (Å²) in [7, 11) is 0. The van der Waals surface area contributed by atoms with Gasteiger partial charge in [0, 0.05) is 36.0 Å². The molecule has 0 aromatic carbocycles. The first-order chi connectivity index (χ1) is 20.2. The number of thiazole rings is 1. The Labute approximate surface area is 251 Å². The first-order valence-electron chi connectivity index (χ1n) is 12.6. The number of nitrogens with one attached hydrogen (secondary N) is 2. The second kappa shape index (κ2) is 12.5.